The van der Waals surface area contributed by atoms with Crippen LogP contribution in [0.2, 0.25) is 0 Å². The number of fused-ring (bicyclic) bond motifs is 1. The van der Waals surface area contributed by atoms with E-state index < -0.39 is 0 Å². The highest BCUT2D eigenvalue weighted by Gasteiger charge is 2.26. The van der Waals surface area contributed by atoms with Gasteiger partial charge in [-0.1, -0.05) is 60.1 Å². The van der Waals surface area contributed by atoms with Gasteiger partial charge in [0, 0.05) is 30.6 Å². The van der Waals surface area contributed by atoms with Crippen molar-refractivity contribution in [2.45, 2.75) is 97.4 Å². The number of aromatic nitrogens is 3. The Morgan fingerprint density at radius 2 is 1.58 bits per heavy atom. The zero-order chi connectivity index (χ0) is 26.1. The van der Waals surface area contributed by atoms with Crippen LogP contribution in [0.25, 0.3) is 11.4 Å². The second-order valence-corrected chi connectivity index (χ2v) is 12.1. The van der Waals surface area contributed by atoms with Gasteiger partial charge < -0.3 is 15.0 Å². The van der Waals surface area contributed by atoms with Crippen LogP contribution in [0.1, 0.15) is 89.7 Å². The lowest BCUT2D eigenvalue weighted by Crippen LogP contribution is -2.18. The molecular weight excluding hydrogens is 448 g/mol. The Balaban J connectivity index is 1.43. The second-order valence-electron chi connectivity index (χ2n) is 12.1. The van der Waals surface area contributed by atoms with E-state index >= 15 is 0 Å². The number of carbonyl (C=O) groups is 1. The van der Waals surface area contributed by atoms with E-state index in [-0.39, 0.29) is 16.7 Å². The summed E-state index contributed by atoms with van der Waals surface area (Å²) in [4.78, 5) is 12.8. The first-order valence-electron chi connectivity index (χ1n) is 13.1. The molecule has 192 valence electrons. The quantitative estimate of drug-likeness (QED) is 0.427. The van der Waals surface area contributed by atoms with Crippen LogP contribution < -0.4 is 5.32 Å². The SMILES string of the molecule is CC(C)(C)c1cc(CCC(=O)Nc2ccc(-c3nnc4n3CCCCC4)cc2)cc(C(C)(C)C)c1O. The van der Waals surface area contributed by atoms with Crippen molar-refractivity contribution >= 4 is 11.6 Å². The average Bonchev–Trinajstić information content (AvgIpc) is 3.05. The van der Waals surface area contributed by atoms with E-state index in [0.29, 0.717) is 18.6 Å². The zero-order valence-electron chi connectivity index (χ0n) is 22.6. The van der Waals surface area contributed by atoms with Crippen molar-refractivity contribution in [3.8, 4) is 17.1 Å². The normalized spacial score (nSPS) is 14.3. The highest BCUT2D eigenvalue weighted by atomic mass is 16.3. The zero-order valence-corrected chi connectivity index (χ0v) is 22.6. The number of hydrogen-bond donors (Lipinski definition) is 2. The van der Waals surface area contributed by atoms with E-state index in [2.05, 4.69) is 61.6 Å². The lowest BCUT2D eigenvalue weighted by molar-refractivity contribution is -0.116. The van der Waals surface area contributed by atoms with Gasteiger partial charge in [0.2, 0.25) is 5.91 Å². The van der Waals surface area contributed by atoms with Crippen molar-refractivity contribution in [1.82, 2.24) is 14.8 Å². The van der Waals surface area contributed by atoms with Gasteiger partial charge in [0.15, 0.2) is 5.82 Å². The Kier molecular flexibility index (Phi) is 7.26. The number of phenols is 1. The molecule has 6 heteroatoms. The number of rotatable bonds is 5. The summed E-state index contributed by atoms with van der Waals surface area (Å²) in [5.41, 5.74) is 4.33. The van der Waals surface area contributed by atoms with Gasteiger partial charge >= 0.3 is 0 Å². The third kappa shape index (κ3) is 5.80. The molecule has 6 nitrogen and oxygen atoms in total. The average molecular weight is 489 g/mol. The number of carbonyl (C=O) groups excluding carboxylic acids is 1. The van der Waals surface area contributed by atoms with Gasteiger partial charge in [0.1, 0.15) is 11.6 Å². The summed E-state index contributed by atoms with van der Waals surface area (Å²) in [5.74, 6) is 2.31. The minimum atomic E-state index is -0.188. The van der Waals surface area contributed by atoms with Gasteiger partial charge in [-0.3, -0.25) is 4.79 Å². The first-order valence-corrected chi connectivity index (χ1v) is 13.1. The van der Waals surface area contributed by atoms with Crippen LogP contribution in [-0.2, 0) is 35.0 Å². The lowest BCUT2D eigenvalue weighted by Gasteiger charge is -2.28. The summed E-state index contributed by atoms with van der Waals surface area (Å²) >= 11 is 0. The molecule has 1 aromatic heterocycles. The molecule has 0 aliphatic carbocycles. The largest absolute Gasteiger partial charge is 0.507 e. The van der Waals surface area contributed by atoms with Crippen molar-refractivity contribution in [2.75, 3.05) is 5.32 Å². The molecule has 0 radical (unpaired) electrons. The van der Waals surface area contributed by atoms with Crippen molar-refractivity contribution < 1.29 is 9.90 Å². The van der Waals surface area contributed by atoms with Crippen LogP contribution in [-0.4, -0.2) is 25.8 Å². The molecule has 2 N–H and O–H groups in total. The van der Waals surface area contributed by atoms with Crippen LogP contribution in [0.3, 0.4) is 0 Å². The number of aryl methyl sites for hydroxylation is 2. The summed E-state index contributed by atoms with van der Waals surface area (Å²) in [6.45, 7) is 13.6. The summed E-state index contributed by atoms with van der Waals surface area (Å²) in [5, 5.41) is 22.8. The van der Waals surface area contributed by atoms with E-state index in [1.54, 1.807) is 0 Å². The van der Waals surface area contributed by atoms with Crippen LogP contribution >= 0.6 is 0 Å². The molecule has 0 atom stereocenters. The number of phenolic OH excluding ortho intramolecular Hbond substituents is 1. The third-order valence-corrected chi connectivity index (χ3v) is 6.96. The van der Waals surface area contributed by atoms with Crippen molar-refractivity contribution in [3.05, 3.63) is 58.9 Å². The van der Waals surface area contributed by atoms with E-state index in [4.69, 9.17) is 0 Å². The molecule has 0 saturated heterocycles. The number of nitrogens with zero attached hydrogens (tertiary/aromatic N) is 3. The Labute approximate surface area is 215 Å². The minimum absolute atomic E-state index is 0.0261. The van der Waals surface area contributed by atoms with Crippen LogP contribution in [0.4, 0.5) is 5.69 Å². The molecule has 36 heavy (non-hydrogen) atoms. The number of benzene rings is 2. The van der Waals surface area contributed by atoms with Crippen molar-refractivity contribution in [1.29, 1.82) is 0 Å². The fourth-order valence-corrected chi connectivity index (χ4v) is 4.86. The summed E-state index contributed by atoms with van der Waals surface area (Å²) in [6.07, 6.45) is 5.52. The van der Waals surface area contributed by atoms with E-state index in [1.807, 2.05) is 36.4 Å². The van der Waals surface area contributed by atoms with Crippen LogP contribution in [0.15, 0.2) is 36.4 Å². The molecule has 2 aromatic carbocycles. The maximum Gasteiger partial charge on any atom is 0.224 e. The van der Waals surface area contributed by atoms with Gasteiger partial charge in [-0.15, -0.1) is 10.2 Å². The minimum Gasteiger partial charge on any atom is -0.507 e. The van der Waals surface area contributed by atoms with Crippen molar-refractivity contribution in [2.24, 2.45) is 0 Å². The monoisotopic (exact) mass is 488 g/mol. The van der Waals surface area contributed by atoms with Gasteiger partial charge in [-0.2, -0.15) is 0 Å². The van der Waals surface area contributed by atoms with Gasteiger partial charge in [0.25, 0.3) is 0 Å². The molecule has 0 spiro atoms. The third-order valence-electron chi connectivity index (χ3n) is 6.96. The predicted molar refractivity (Wildman–Crippen MR) is 145 cm³/mol. The summed E-state index contributed by atoms with van der Waals surface area (Å²) in [7, 11) is 0. The molecule has 1 aliphatic rings. The number of anilines is 1. The maximum absolute atomic E-state index is 12.8. The molecule has 2 heterocycles. The molecule has 0 fully saturated rings. The highest BCUT2D eigenvalue weighted by molar-refractivity contribution is 5.91. The van der Waals surface area contributed by atoms with Crippen LogP contribution in [0, 0.1) is 0 Å². The molecule has 0 saturated carbocycles. The molecule has 1 amide bonds. The Hall–Kier alpha value is -3.15. The number of hydrogen-bond acceptors (Lipinski definition) is 4. The molecule has 1 aliphatic heterocycles. The number of amides is 1. The van der Waals surface area contributed by atoms with E-state index in [0.717, 1.165) is 59.0 Å². The number of nitrogens with one attached hydrogen (secondary N) is 1. The Morgan fingerprint density at radius 3 is 2.19 bits per heavy atom. The molecule has 4 rings (SSSR count). The number of aromatic hydroxyl groups is 1. The maximum atomic E-state index is 12.8. The van der Waals surface area contributed by atoms with E-state index in [1.165, 1.54) is 12.8 Å². The highest BCUT2D eigenvalue weighted by Crippen LogP contribution is 2.40. The summed E-state index contributed by atoms with van der Waals surface area (Å²) < 4.78 is 2.23. The molecule has 0 unspecified atom stereocenters. The first-order chi connectivity index (χ1) is 16.9. The van der Waals surface area contributed by atoms with Gasteiger partial charge in [0.05, 0.1) is 0 Å². The smallest absolute Gasteiger partial charge is 0.224 e. The Bertz CT molecular complexity index is 1190. The Morgan fingerprint density at radius 1 is 0.944 bits per heavy atom. The van der Waals surface area contributed by atoms with Gasteiger partial charge in [-0.25, -0.2) is 0 Å². The summed E-state index contributed by atoms with van der Waals surface area (Å²) in [6, 6.07) is 12.0. The fourth-order valence-electron chi connectivity index (χ4n) is 4.86. The van der Waals surface area contributed by atoms with E-state index in [9.17, 15) is 9.90 Å². The lowest BCUT2D eigenvalue weighted by atomic mass is 9.78. The van der Waals surface area contributed by atoms with Crippen LogP contribution in [0.5, 0.6) is 5.75 Å². The fraction of sp³-hybridized carbons (Fsp3) is 0.500. The standard InChI is InChI=1S/C30H40N4O2/c1-29(2,3)23-18-20(19-24(27(23)36)30(4,5)6)11-16-26(35)31-22-14-12-21(13-15-22)28-33-32-25-10-8-7-9-17-34(25)28/h12-15,18-19,36H,7-11,16-17H2,1-6H3,(H,31,35). The predicted octanol–water partition coefficient (Wildman–Crippen LogP) is 6.54. The van der Waals surface area contributed by atoms with Gasteiger partial charge in [-0.05, 0) is 71.0 Å². The topological polar surface area (TPSA) is 80.0 Å². The molecular formula is C30H40N4O2. The molecule has 3 aromatic rings. The second kappa shape index (κ2) is 10.1. The first kappa shape index (κ1) is 25.9. The van der Waals surface area contributed by atoms with Crippen molar-refractivity contribution in [3.63, 3.8) is 0 Å². The molecule has 0 bridgehead atoms.